The molecule has 0 saturated carbocycles. The molecular formula is C56H50N8O4S4. The van der Waals surface area contributed by atoms with Gasteiger partial charge in [-0.05, 0) is 119 Å². The van der Waals surface area contributed by atoms with Crippen LogP contribution in [-0.2, 0) is 0 Å². The molecule has 0 radical (unpaired) electrons. The Morgan fingerprint density at radius 2 is 0.542 bits per heavy atom. The monoisotopic (exact) mass is 1030 g/mol. The molecule has 16 heteroatoms. The largest absolute Gasteiger partial charge is 0.354 e. The molecule has 4 aromatic carbocycles. The van der Waals surface area contributed by atoms with Gasteiger partial charge in [-0.1, -0.05) is 48.5 Å². The zero-order valence-electron chi connectivity index (χ0n) is 38.8. The lowest BCUT2D eigenvalue weighted by atomic mass is 10.0. The number of H-pyrrole nitrogens is 2. The number of benzene rings is 4. The molecule has 0 fully saturated rings. The van der Waals surface area contributed by atoms with E-state index in [2.05, 4.69) is 81.8 Å². The van der Waals surface area contributed by atoms with Crippen LogP contribution < -0.4 is 21.3 Å². The molecule has 5 heterocycles. The van der Waals surface area contributed by atoms with E-state index in [4.69, 9.17) is 9.97 Å². The van der Waals surface area contributed by atoms with Crippen LogP contribution in [0.5, 0.6) is 0 Å². The molecule has 0 unspecified atom stereocenters. The molecule has 0 spiro atoms. The first-order chi connectivity index (χ1) is 35.2. The Kier molecular flexibility index (Phi) is 15.8. The number of carbonyl (C=O) groups is 4. The van der Waals surface area contributed by atoms with Crippen LogP contribution in [0.25, 0.3) is 90.9 Å². The maximum atomic E-state index is 13.0. The molecule has 0 aliphatic carbocycles. The first-order valence-corrected chi connectivity index (χ1v) is 25.8. The average Bonchev–Trinajstić information content (AvgIpc) is 4.28. The van der Waals surface area contributed by atoms with Crippen molar-refractivity contribution in [2.24, 2.45) is 0 Å². The van der Waals surface area contributed by atoms with Gasteiger partial charge < -0.3 is 31.2 Å². The number of hydrogen-bond donors (Lipinski definition) is 10. The van der Waals surface area contributed by atoms with E-state index < -0.39 is 0 Å². The number of rotatable bonds is 16. The molecule has 6 N–H and O–H groups in total. The van der Waals surface area contributed by atoms with Gasteiger partial charge in [0.2, 0.25) is 0 Å². The van der Waals surface area contributed by atoms with Gasteiger partial charge in [-0.2, -0.15) is 50.5 Å². The van der Waals surface area contributed by atoms with Crippen molar-refractivity contribution in [1.82, 2.24) is 41.2 Å². The zero-order valence-corrected chi connectivity index (χ0v) is 42.4. The SMILES string of the molecule is O=C(NCCS)c1ccc(-c2c3nc(c(-c4ccc(C(=O)NCCS)cc4)c4ccc([nH]4)c(-c4ccc(C(=O)NCCS)cc4)c4nc(c(-c5ccc(C(=O)NCCS)cc5)c5ccc2[nH]5)C=C4)C=C3)cc1. The highest BCUT2D eigenvalue weighted by atomic mass is 32.1. The van der Waals surface area contributed by atoms with Crippen LogP contribution in [-0.4, -0.2) is 92.8 Å². The Labute approximate surface area is 438 Å². The molecule has 3 aromatic heterocycles. The summed E-state index contributed by atoms with van der Waals surface area (Å²) in [5.41, 5.74) is 14.2. The lowest BCUT2D eigenvalue weighted by Crippen LogP contribution is -2.25. The molecule has 7 aromatic rings. The number of carbonyl (C=O) groups excluding carboxylic acids is 4. The van der Waals surface area contributed by atoms with Gasteiger partial charge in [0.15, 0.2) is 0 Å². The van der Waals surface area contributed by atoms with Crippen LogP contribution in [0, 0.1) is 0 Å². The minimum absolute atomic E-state index is 0.194. The number of nitrogens with one attached hydrogen (secondary N) is 6. The number of nitrogens with zero attached hydrogens (tertiary/aromatic N) is 2. The van der Waals surface area contributed by atoms with Crippen molar-refractivity contribution in [2.45, 2.75) is 0 Å². The quantitative estimate of drug-likeness (QED) is 0.0432. The minimum atomic E-state index is -0.194. The topological polar surface area (TPSA) is 174 Å². The van der Waals surface area contributed by atoms with Crippen LogP contribution in [0.15, 0.2) is 121 Å². The van der Waals surface area contributed by atoms with Gasteiger partial charge in [0.25, 0.3) is 23.6 Å². The number of aromatic amines is 2. The van der Waals surface area contributed by atoms with Crippen molar-refractivity contribution in [3.8, 4) is 44.5 Å². The number of fused-ring (bicyclic) bond motifs is 8. The fourth-order valence-corrected chi connectivity index (χ4v) is 9.11. The summed E-state index contributed by atoms with van der Waals surface area (Å²) < 4.78 is 0. The van der Waals surface area contributed by atoms with Gasteiger partial charge in [-0.3, -0.25) is 19.2 Å². The van der Waals surface area contributed by atoms with Crippen molar-refractivity contribution in [3.63, 3.8) is 0 Å². The maximum absolute atomic E-state index is 13.0. The Morgan fingerprint density at radius 1 is 0.333 bits per heavy atom. The van der Waals surface area contributed by atoms with Crippen LogP contribution in [0.2, 0.25) is 0 Å². The molecule has 362 valence electrons. The molecule has 4 amide bonds. The molecule has 9 rings (SSSR count). The highest BCUT2D eigenvalue weighted by molar-refractivity contribution is 7.80. The Hall–Kier alpha value is -7.24. The lowest BCUT2D eigenvalue weighted by Gasteiger charge is -2.09. The van der Waals surface area contributed by atoms with Gasteiger partial charge >= 0.3 is 0 Å². The summed E-state index contributed by atoms with van der Waals surface area (Å²) in [4.78, 5) is 70.3. The van der Waals surface area contributed by atoms with Gasteiger partial charge in [-0.15, -0.1) is 0 Å². The molecule has 2 aliphatic heterocycles. The van der Waals surface area contributed by atoms with Crippen LogP contribution >= 0.6 is 50.5 Å². The fraction of sp³-hybridized carbons (Fsp3) is 0.143. The van der Waals surface area contributed by atoms with Crippen LogP contribution in [0.1, 0.15) is 64.2 Å². The number of aromatic nitrogens is 4. The predicted octanol–water partition coefficient (Wildman–Crippen LogP) is 9.96. The summed E-state index contributed by atoms with van der Waals surface area (Å²) in [6.07, 6.45) is 7.94. The van der Waals surface area contributed by atoms with E-state index in [9.17, 15) is 19.2 Å². The van der Waals surface area contributed by atoms with E-state index in [0.717, 1.165) is 66.6 Å². The third kappa shape index (κ3) is 10.8. The Bertz CT molecular complexity index is 2980. The number of hydrogen-bond acceptors (Lipinski definition) is 10. The number of thiol groups is 4. The molecule has 2 aliphatic rings. The first kappa shape index (κ1) is 49.7. The second-order valence-corrected chi connectivity index (χ2v) is 18.5. The molecule has 0 saturated heterocycles. The second kappa shape index (κ2) is 22.9. The van der Waals surface area contributed by atoms with E-state index in [-0.39, 0.29) is 23.6 Å². The van der Waals surface area contributed by atoms with Crippen molar-refractivity contribution in [1.29, 1.82) is 0 Å². The lowest BCUT2D eigenvalue weighted by molar-refractivity contribution is 0.0948. The molecule has 8 bridgehead atoms. The zero-order chi connectivity index (χ0) is 50.1. The standard InChI is InChI=1S/C56H50N8O4S4/c65-53(57-25-29-69)37-9-1-33(2-10-37)49-41-17-19-43(61-41)50(34-3-11-38(12-4-34)54(66)58-26-30-70)45-21-23-47(63-45)52(36-7-15-40(16-8-36)56(68)60-28-32-72)48-24-22-46(64-48)51(44-20-18-42(49)62-44)35-5-13-39(14-6-35)55(67)59-27-31-71/h1-24,61,64,69-72H,25-32H2,(H,57,65)(H,58,66)(H,59,67)(H,60,68). The van der Waals surface area contributed by atoms with Gasteiger partial charge in [0, 0.05) is 116 Å². The van der Waals surface area contributed by atoms with E-state index >= 15 is 0 Å². The summed E-state index contributed by atoms with van der Waals surface area (Å²) in [6.45, 7) is 1.75. The van der Waals surface area contributed by atoms with Crippen LogP contribution in [0.4, 0.5) is 0 Å². The maximum Gasteiger partial charge on any atom is 0.251 e. The molecule has 12 nitrogen and oxygen atoms in total. The second-order valence-electron chi connectivity index (χ2n) is 16.7. The van der Waals surface area contributed by atoms with E-state index in [1.807, 2.05) is 97.1 Å². The highest BCUT2D eigenvalue weighted by Gasteiger charge is 2.21. The molecule has 72 heavy (non-hydrogen) atoms. The van der Waals surface area contributed by atoms with Crippen molar-refractivity contribution in [2.75, 3.05) is 49.2 Å². The smallest absolute Gasteiger partial charge is 0.251 e. The molecular weight excluding hydrogens is 977 g/mol. The predicted molar refractivity (Wildman–Crippen MR) is 305 cm³/mol. The molecule has 0 atom stereocenters. The Balaban J connectivity index is 1.34. The highest BCUT2D eigenvalue weighted by Crippen LogP contribution is 2.39. The summed E-state index contributed by atoms with van der Waals surface area (Å²) in [5, 5.41) is 11.6. The summed E-state index contributed by atoms with van der Waals surface area (Å²) in [5.74, 6) is 1.29. The summed E-state index contributed by atoms with van der Waals surface area (Å²) >= 11 is 17.0. The average molecular weight is 1030 g/mol. The fourth-order valence-electron chi connectivity index (χ4n) is 8.66. The summed E-state index contributed by atoms with van der Waals surface area (Å²) in [7, 11) is 0. The van der Waals surface area contributed by atoms with Crippen molar-refractivity contribution in [3.05, 3.63) is 166 Å². The van der Waals surface area contributed by atoms with Crippen LogP contribution in [0.3, 0.4) is 0 Å². The summed E-state index contributed by atoms with van der Waals surface area (Å²) in [6, 6.07) is 37.8. The van der Waals surface area contributed by atoms with E-state index in [1.54, 1.807) is 48.5 Å². The normalized spacial score (nSPS) is 11.6. The number of amides is 4. The van der Waals surface area contributed by atoms with Gasteiger partial charge in [-0.25, -0.2) is 9.97 Å². The third-order valence-corrected chi connectivity index (χ3v) is 13.0. The van der Waals surface area contributed by atoms with E-state index in [1.165, 1.54) is 0 Å². The Morgan fingerprint density at radius 3 is 0.736 bits per heavy atom. The van der Waals surface area contributed by atoms with Crippen molar-refractivity contribution < 1.29 is 19.2 Å². The van der Waals surface area contributed by atoms with Gasteiger partial charge in [0.05, 0.1) is 22.8 Å². The third-order valence-electron chi connectivity index (χ3n) is 12.1. The first-order valence-electron chi connectivity index (χ1n) is 23.3. The van der Waals surface area contributed by atoms with Crippen molar-refractivity contribution >= 4 is 121 Å². The van der Waals surface area contributed by atoms with E-state index in [0.29, 0.717) is 94.2 Å². The minimum Gasteiger partial charge on any atom is -0.354 e. The van der Waals surface area contributed by atoms with Gasteiger partial charge in [0.1, 0.15) is 0 Å².